The zero-order chi connectivity index (χ0) is 14.8. The summed E-state index contributed by atoms with van der Waals surface area (Å²) in [7, 11) is 0. The largest absolute Gasteiger partial charge is 0.379 e. The van der Waals surface area contributed by atoms with Gasteiger partial charge in [0.2, 0.25) is 5.91 Å². The molecule has 1 fully saturated rings. The monoisotopic (exact) mass is 288 g/mol. The first-order valence-electron chi connectivity index (χ1n) is 7.92. The van der Waals surface area contributed by atoms with Gasteiger partial charge in [-0.15, -0.1) is 0 Å². The van der Waals surface area contributed by atoms with Gasteiger partial charge in [0.25, 0.3) is 0 Å². The van der Waals surface area contributed by atoms with Crippen LogP contribution in [-0.2, 0) is 16.0 Å². The molecule has 2 unspecified atom stereocenters. The number of nitrogens with one attached hydrogen (secondary N) is 1. The van der Waals surface area contributed by atoms with Gasteiger partial charge in [-0.2, -0.15) is 0 Å². The Bertz CT molecular complexity index is 530. The zero-order valence-corrected chi connectivity index (χ0v) is 12.9. The van der Waals surface area contributed by atoms with Crippen molar-refractivity contribution in [2.75, 3.05) is 31.2 Å². The molecule has 1 aromatic rings. The van der Waals surface area contributed by atoms with E-state index in [9.17, 15) is 4.79 Å². The lowest BCUT2D eigenvalue weighted by Crippen LogP contribution is -2.47. The van der Waals surface area contributed by atoms with Gasteiger partial charge >= 0.3 is 0 Å². The Hall–Kier alpha value is -1.39. The summed E-state index contributed by atoms with van der Waals surface area (Å²) in [6, 6.07) is 6.55. The summed E-state index contributed by atoms with van der Waals surface area (Å²) in [6.45, 7) is 7.04. The second-order valence-corrected chi connectivity index (χ2v) is 6.03. The summed E-state index contributed by atoms with van der Waals surface area (Å²) in [5, 5.41) is 3.38. The van der Waals surface area contributed by atoms with Gasteiger partial charge in [0.1, 0.15) is 0 Å². The molecule has 2 heterocycles. The fourth-order valence-electron chi connectivity index (χ4n) is 3.42. The van der Waals surface area contributed by atoms with E-state index in [2.05, 4.69) is 37.4 Å². The van der Waals surface area contributed by atoms with Crippen molar-refractivity contribution in [1.29, 1.82) is 0 Å². The Morgan fingerprint density at radius 2 is 2.29 bits per heavy atom. The molecule has 1 N–H and O–H groups in total. The highest BCUT2D eigenvalue weighted by Gasteiger charge is 2.37. The van der Waals surface area contributed by atoms with Crippen molar-refractivity contribution in [2.24, 2.45) is 5.92 Å². The minimum atomic E-state index is -0.0581. The van der Waals surface area contributed by atoms with E-state index in [-0.39, 0.29) is 17.9 Å². The SMILES string of the molecule is CCNC1COCC1C(=O)N1CCCc2cc(C)ccc21. The number of nitrogens with zero attached hydrogens (tertiary/aromatic N) is 1. The van der Waals surface area contributed by atoms with Crippen molar-refractivity contribution < 1.29 is 9.53 Å². The standard InChI is InChI=1S/C17H24N2O2/c1-3-18-15-11-21-10-14(15)17(20)19-8-4-5-13-9-12(2)6-7-16(13)19/h6-7,9,14-15,18H,3-5,8,10-11H2,1-2H3. The van der Waals surface area contributed by atoms with E-state index in [0.29, 0.717) is 13.2 Å². The van der Waals surface area contributed by atoms with E-state index >= 15 is 0 Å². The molecule has 0 saturated carbocycles. The number of benzene rings is 1. The number of aryl methyl sites for hydroxylation is 2. The second-order valence-electron chi connectivity index (χ2n) is 6.03. The van der Waals surface area contributed by atoms with Crippen LogP contribution in [0.3, 0.4) is 0 Å². The fraction of sp³-hybridized carbons (Fsp3) is 0.588. The van der Waals surface area contributed by atoms with Crippen LogP contribution in [-0.4, -0.2) is 38.3 Å². The highest BCUT2D eigenvalue weighted by Crippen LogP contribution is 2.30. The average Bonchev–Trinajstić information content (AvgIpc) is 2.94. The topological polar surface area (TPSA) is 41.6 Å². The quantitative estimate of drug-likeness (QED) is 0.923. The molecular formula is C17H24N2O2. The molecule has 0 bridgehead atoms. The lowest BCUT2D eigenvalue weighted by molar-refractivity contribution is -0.122. The van der Waals surface area contributed by atoms with Crippen LogP contribution in [0.4, 0.5) is 5.69 Å². The summed E-state index contributed by atoms with van der Waals surface area (Å²) in [5.74, 6) is 0.153. The molecule has 1 saturated heterocycles. The van der Waals surface area contributed by atoms with Crippen molar-refractivity contribution in [3.05, 3.63) is 29.3 Å². The molecule has 21 heavy (non-hydrogen) atoms. The van der Waals surface area contributed by atoms with Crippen LogP contribution < -0.4 is 10.2 Å². The lowest BCUT2D eigenvalue weighted by Gasteiger charge is -2.32. The van der Waals surface area contributed by atoms with Gasteiger partial charge in [0.15, 0.2) is 0 Å². The Kier molecular flexibility index (Phi) is 4.27. The van der Waals surface area contributed by atoms with Crippen LogP contribution in [0.2, 0.25) is 0 Å². The number of hydrogen-bond acceptors (Lipinski definition) is 3. The Balaban J connectivity index is 1.83. The van der Waals surface area contributed by atoms with E-state index < -0.39 is 0 Å². The minimum absolute atomic E-state index is 0.0581. The number of hydrogen-bond donors (Lipinski definition) is 1. The molecule has 2 aliphatic heterocycles. The van der Waals surface area contributed by atoms with Gasteiger partial charge in [-0.1, -0.05) is 24.6 Å². The molecule has 0 aliphatic carbocycles. The molecular weight excluding hydrogens is 264 g/mol. The van der Waals surface area contributed by atoms with E-state index in [1.807, 2.05) is 4.90 Å². The Morgan fingerprint density at radius 3 is 3.10 bits per heavy atom. The van der Waals surface area contributed by atoms with Crippen molar-refractivity contribution in [1.82, 2.24) is 5.32 Å². The summed E-state index contributed by atoms with van der Waals surface area (Å²) in [5.41, 5.74) is 3.66. The third-order valence-electron chi connectivity index (χ3n) is 4.48. The maximum absolute atomic E-state index is 12.9. The molecule has 4 nitrogen and oxygen atoms in total. The van der Waals surface area contributed by atoms with E-state index in [4.69, 9.17) is 4.74 Å². The van der Waals surface area contributed by atoms with Crippen LogP contribution in [0, 0.1) is 12.8 Å². The number of rotatable bonds is 3. The van der Waals surface area contributed by atoms with Gasteiger partial charge in [-0.05, 0) is 37.9 Å². The molecule has 0 aromatic heterocycles. The number of carbonyl (C=O) groups excluding carboxylic acids is 1. The van der Waals surface area contributed by atoms with Gasteiger partial charge in [-0.25, -0.2) is 0 Å². The number of likely N-dealkylation sites (N-methyl/N-ethyl adjacent to an activating group) is 1. The number of amides is 1. The van der Waals surface area contributed by atoms with Gasteiger partial charge in [-0.3, -0.25) is 4.79 Å². The highest BCUT2D eigenvalue weighted by atomic mass is 16.5. The first-order valence-corrected chi connectivity index (χ1v) is 7.92. The van der Waals surface area contributed by atoms with Crippen LogP contribution >= 0.6 is 0 Å². The van der Waals surface area contributed by atoms with Crippen LogP contribution in [0.25, 0.3) is 0 Å². The molecule has 3 rings (SSSR count). The van der Waals surface area contributed by atoms with Crippen LogP contribution in [0.5, 0.6) is 0 Å². The first-order chi connectivity index (χ1) is 10.2. The van der Waals surface area contributed by atoms with Gasteiger partial charge in [0, 0.05) is 18.3 Å². The molecule has 2 atom stereocenters. The van der Waals surface area contributed by atoms with Crippen molar-refractivity contribution in [3.63, 3.8) is 0 Å². The minimum Gasteiger partial charge on any atom is -0.379 e. The summed E-state index contributed by atoms with van der Waals surface area (Å²) < 4.78 is 5.53. The van der Waals surface area contributed by atoms with Crippen molar-refractivity contribution >= 4 is 11.6 Å². The highest BCUT2D eigenvalue weighted by molar-refractivity contribution is 5.97. The smallest absolute Gasteiger partial charge is 0.234 e. The first kappa shape index (κ1) is 14.5. The summed E-state index contributed by atoms with van der Waals surface area (Å²) in [6.07, 6.45) is 2.11. The maximum Gasteiger partial charge on any atom is 0.234 e. The van der Waals surface area contributed by atoms with E-state index in [1.54, 1.807) is 0 Å². The Morgan fingerprint density at radius 1 is 1.43 bits per heavy atom. The molecule has 1 aromatic carbocycles. The number of carbonyl (C=O) groups is 1. The molecule has 2 aliphatic rings. The number of fused-ring (bicyclic) bond motifs is 1. The normalized spacial score (nSPS) is 25.0. The van der Waals surface area contributed by atoms with E-state index in [0.717, 1.165) is 31.6 Å². The summed E-state index contributed by atoms with van der Waals surface area (Å²) in [4.78, 5) is 14.9. The van der Waals surface area contributed by atoms with Crippen molar-refractivity contribution in [2.45, 2.75) is 32.7 Å². The average molecular weight is 288 g/mol. The number of ether oxygens (including phenoxy) is 1. The second kappa shape index (κ2) is 6.16. The summed E-state index contributed by atoms with van der Waals surface area (Å²) >= 11 is 0. The van der Waals surface area contributed by atoms with Crippen LogP contribution in [0.1, 0.15) is 24.5 Å². The van der Waals surface area contributed by atoms with Gasteiger partial charge < -0.3 is 15.0 Å². The zero-order valence-electron chi connectivity index (χ0n) is 12.9. The van der Waals surface area contributed by atoms with E-state index in [1.165, 1.54) is 11.1 Å². The molecule has 1 amide bonds. The number of anilines is 1. The van der Waals surface area contributed by atoms with Gasteiger partial charge in [0.05, 0.1) is 19.1 Å². The molecule has 4 heteroatoms. The van der Waals surface area contributed by atoms with Crippen molar-refractivity contribution in [3.8, 4) is 0 Å². The lowest BCUT2D eigenvalue weighted by atomic mass is 9.96. The third kappa shape index (κ3) is 2.83. The Labute approximate surface area is 126 Å². The van der Waals surface area contributed by atoms with Crippen LogP contribution in [0.15, 0.2) is 18.2 Å². The predicted octanol–water partition coefficient (Wildman–Crippen LogP) is 1.90. The molecule has 114 valence electrons. The fourth-order valence-corrected chi connectivity index (χ4v) is 3.42. The third-order valence-corrected chi connectivity index (χ3v) is 4.48. The maximum atomic E-state index is 12.9. The molecule has 0 spiro atoms. The molecule has 0 radical (unpaired) electrons. The predicted molar refractivity (Wildman–Crippen MR) is 83.6 cm³/mol.